The molecular formula is C19H19N3O6. The molecule has 6 N–H and O–H groups in total. The van der Waals surface area contributed by atoms with Crippen LogP contribution < -0.4 is 21.5 Å². The van der Waals surface area contributed by atoms with Gasteiger partial charge in [-0.3, -0.25) is 14.4 Å². The third-order valence-electron chi connectivity index (χ3n) is 3.99. The van der Waals surface area contributed by atoms with Crippen LogP contribution in [0.3, 0.4) is 0 Å². The Labute approximate surface area is 160 Å². The van der Waals surface area contributed by atoms with Gasteiger partial charge in [-0.15, -0.1) is 0 Å². The first-order valence-electron chi connectivity index (χ1n) is 8.17. The molecule has 28 heavy (non-hydrogen) atoms. The Balaban J connectivity index is 2.46. The van der Waals surface area contributed by atoms with E-state index < -0.39 is 35.8 Å². The monoisotopic (exact) mass is 385 g/mol. The molecule has 0 bridgehead atoms. The number of nitrogens with two attached hydrogens (primary N) is 2. The number of aliphatic hydroxyl groups is 1. The summed E-state index contributed by atoms with van der Waals surface area (Å²) in [6, 6.07) is 12.3. The average Bonchev–Trinajstić information content (AvgIpc) is 2.67. The van der Waals surface area contributed by atoms with E-state index >= 15 is 0 Å². The fourth-order valence-electron chi connectivity index (χ4n) is 2.64. The quantitative estimate of drug-likeness (QED) is 0.253. The molecule has 0 aliphatic rings. The summed E-state index contributed by atoms with van der Waals surface area (Å²) < 4.78 is 5.24. The van der Waals surface area contributed by atoms with Crippen molar-refractivity contribution in [2.45, 2.75) is 18.1 Å². The van der Waals surface area contributed by atoms with Gasteiger partial charge in [0.15, 0.2) is 5.60 Å². The van der Waals surface area contributed by atoms with E-state index in [1.807, 2.05) is 0 Å². The largest absolute Gasteiger partial charge is 0.425 e. The van der Waals surface area contributed by atoms with Gasteiger partial charge in [-0.25, -0.2) is 4.79 Å². The molecule has 2 aromatic carbocycles. The Kier molecular flexibility index (Phi) is 6.46. The molecule has 2 aromatic rings. The highest BCUT2D eigenvalue weighted by Gasteiger charge is 2.41. The van der Waals surface area contributed by atoms with E-state index in [4.69, 9.17) is 16.2 Å². The lowest BCUT2D eigenvalue weighted by Crippen LogP contribution is -2.44. The maximum atomic E-state index is 12.4. The van der Waals surface area contributed by atoms with Gasteiger partial charge in [-0.05, 0) is 11.6 Å². The highest BCUT2D eigenvalue weighted by atomic mass is 16.5. The van der Waals surface area contributed by atoms with Crippen molar-refractivity contribution in [2.75, 3.05) is 0 Å². The van der Waals surface area contributed by atoms with Gasteiger partial charge in [-0.2, -0.15) is 0 Å². The van der Waals surface area contributed by atoms with Gasteiger partial charge in [-0.1, -0.05) is 48.5 Å². The minimum atomic E-state index is -2.28. The first kappa shape index (κ1) is 20.6. The molecule has 0 aliphatic carbocycles. The van der Waals surface area contributed by atoms with Crippen LogP contribution >= 0.6 is 0 Å². The Morgan fingerprint density at radius 3 is 2.25 bits per heavy atom. The molecule has 9 nitrogen and oxygen atoms in total. The fourth-order valence-corrected chi connectivity index (χ4v) is 2.64. The van der Waals surface area contributed by atoms with Crippen molar-refractivity contribution in [1.29, 1.82) is 0 Å². The van der Waals surface area contributed by atoms with E-state index in [1.165, 1.54) is 36.4 Å². The first-order chi connectivity index (χ1) is 13.3. The molecule has 1 unspecified atom stereocenters. The van der Waals surface area contributed by atoms with Gasteiger partial charge in [0.2, 0.25) is 12.3 Å². The van der Waals surface area contributed by atoms with Crippen LogP contribution in [0.5, 0.6) is 5.75 Å². The standard InChI is InChI=1S/C19H19N3O6/c20-16(24)10-14(22-11-23)17(25)28-15-9-5-4-8-13(15)19(27,18(21)26)12-6-2-1-3-7-12/h1-9,11,14,27H,10H2,(H2,20,24)(H2,21,26)(H,22,23)/t14-,19?/m1/s1. The van der Waals surface area contributed by atoms with E-state index in [2.05, 4.69) is 5.32 Å². The van der Waals surface area contributed by atoms with Gasteiger partial charge in [0, 0.05) is 5.56 Å². The maximum Gasteiger partial charge on any atom is 0.334 e. The van der Waals surface area contributed by atoms with Crippen molar-refractivity contribution in [3.05, 3.63) is 65.7 Å². The Morgan fingerprint density at radius 2 is 1.68 bits per heavy atom. The first-order valence-corrected chi connectivity index (χ1v) is 8.17. The van der Waals surface area contributed by atoms with Gasteiger partial charge in [0.25, 0.3) is 5.91 Å². The van der Waals surface area contributed by atoms with Crippen LogP contribution in [0.1, 0.15) is 17.5 Å². The third kappa shape index (κ3) is 4.33. The zero-order valence-corrected chi connectivity index (χ0v) is 14.7. The molecule has 2 atom stereocenters. The van der Waals surface area contributed by atoms with E-state index in [1.54, 1.807) is 18.2 Å². The van der Waals surface area contributed by atoms with Crippen molar-refractivity contribution in [2.24, 2.45) is 11.5 Å². The molecule has 146 valence electrons. The van der Waals surface area contributed by atoms with Crippen LogP contribution in [0, 0.1) is 0 Å². The van der Waals surface area contributed by atoms with Crippen molar-refractivity contribution in [1.82, 2.24) is 5.32 Å². The molecule has 2 rings (SSSR count). The van der Waals surface area contributed by atoms with Crippen LogP contribution in [-0.2, 0) is 24.8 Å². The Morgan fingerprint density at radius 1 is 1.07 bits per heavy atom. The predicted octanol–water partition coefficient (Wildman–Crippen LogP) is -0.697. The minimum Gasteiger partial charge on any atom is -0.425 e. The number of hydrogen-bond acceptors (Lipinski definition) is 6. The smallest absolute Gasteiger partial charge is 0.334 e. The molecule has 0 radical (unpaired) electrons. The zero-order chi connectivity index (χ0) is 20.7. The van der Waals surface area contributed by atoms with Crippen LogP contribution in [0.15, 0.2) is 54.6 Å². The summed E-state index contributed by atoms with van der Waals surface area (Å²) in [5.74, 6) is -3.08. The number of ether oxygens (including phenoxy) is 1. The molecule has 0 fully saturated rings. The van der Waals surface area contributed by atoms with Crippen LogP contribution in [0.25, 0.3) is 0 Å². The third-order valence-corrected chi connectivity index (χ3v) is 3.99. The molecule has 0 spiro atoms. The minimum absolute atomic E-state index is 0.0778. The number of amides is 3. The normalized spacial score (nSPS) is 13.6. The zero-order valence-electron chi connectivity index (χ0n) is 14.7. The van der Waals surface area contributed by atoms with E-state index in [0.29, 0.717) is 0 Å². The number of benzene rings is 2. The molecule has 3 amide bonds. The summed E-state index contributed by atoms with van der Waals surface area (Å²) in [4.78, 5) is 46.3. The van der Waals surface area contributed by atoms with Crippen molar-refractivity contribution < 1.29 is 29.0 Å². The summed E-state index contributed by atoms with van der Waals surface area (Å²) in [5, 5.41) is 13.2. The van der Waals surface area contributed by atoms with Crippen LogP contribution in [0.4, 0.5) is 0 Å². The average molecular weight is 385 g/mol. The second-order valence-electron chi connectivity index (χ2n) is 5.87. The van der Waals surface area contributed by atoms with Crippen LogP contribution in [0.2, 0.25) is 0 Å². The second kappa shape index (κ2) is 8.78. The molecule has 0 aromatic heterocycles. The Bertz CT molecular complexity index is 886. The van der Waals surface area contributed by atoms with Crippen molar-refractivity contribution in [3.8, 4) is 5.75 Å². The van der Waals surface area contributed by atoms with Gasteiger partial charge in [0.05, 0.1) is 6.42 Å². The van der Waals surface area contributed by atoms with Gasteiger partial charge in [0.1, 0.15) is 11.8 Å². The maximum absolute atomic E-state index is 12.4. The lowest BCUT2D eigenvalue weighted by atomic mass is 9.85. The Hall–Kier alpha value is -3.72. The fraction of sp³-hybridized carbons (Fsp3) is 0.158. The van der Waals surface area contributed by atoms with Crippen molar-refractivity contribution in [3.63, 3.8) is 0 Å². The predicted molar refractivity (Wildman–Crippen MR) is 97.5 cm³/mol. The topological polar surface area (TPSA) is 162 Å². The van der Waals surface area contributed by atoms with Crippen LogP contribution in [-0.4, -0.2) is 35.3 Å². The number of rotatable bonds is 9. The summed E-state index contributed by atoms with van der Waals surface area (Å²) in [7, 11) is 0. The number of carbonyl (C=O) groups excluding carboxylic acids is 4. The second-order valence-corrected chi connectivity index (χ2v) is 5.87. The molecule has 0 saturated heterocycles. The summed E-state index contributed by atoms with van der Waals surface area (Å²) >= 11 is 0. The lowest BCUT2D eigenvalue weighted by Gasteiger charge is -2.27. The lowest BCUT2D eigenvalue weighted by molar-refractivity contribution is -0.140. The summed E-state index contributed by atoms with van der Waals surface area (Å²) in [5.41, 5.74) is 8.34. The highest BCUT2D eigenvalue weighted by Crippen LogP contribution is 2.35. The number of esters is 1. The van der Waals surface area contributed by atoms with Crippen molar-refractivity contribution >= 4 is 24.2 Å². The van der Waals surface area contributed by atoms with Gasteiger partial charge >= 0.3 is 5.97 Å². The highest BCUT2D eigenvalue weighted by molar-refractivity contribution is 5.91. The van der Waals surface area contributed by atoms with Gasteiger partial charge < -0.3 is 26.6 Å². The number of carbonyl (C=O) groups is 4. The molecule has 9 heteroatoms. The molecule has 0 saturated carbocycles. The molecule has 0 aliphatic heterocycles. The number of primary amides is 2. The molecule has 0 heterocycles. The number of nitrogens with one attached hydrogen (secondary N) is 1. The van der Waals surface area contributed by atoms with E-state index in [9.17, 15) is 24.3 Å². The SMILES string of the molecule is NC(=O)C[C@@H](NC=O)C(=O)Oc1ccccc1C(O)(C(N)=O)c1ccccc1. The summed E-state index contributed by atoms with van der Waals surface area (Å²) in [6.07, 6.45) is -0.261. The van der Waals surface area contributed by atoms with E-state index in [0.717, 1.165) is 0 Å². The summed E-state index contributed by atoms with van der Waals surface area (Å²) in [6.45, 7) is 0. The number of para-hydroxylation sites is 1. The van der Waals surface area contributed by atoms with E-state index in [-0.39, 0.29) is 23.3 Å². The number of hydrogen-bond donors (Lipinski definition) is 4. The molecular weight excluding hydrogens is 366 g/mol.